The Morgan fingerprint density at radius 2 is 2.25 bits per heavy atom. The molecule has 68 valence electrons. The van der Waals surface area contributed by atoms with Gasteiger partial charge in [0.15, 0.2) is 0 Å². The third-order valence-electron chi connectivity index (χ3n) is 2.00. The highest BCUT2D eigenvalue weighted by Gasteiger charge is 2.00. The highest BCUT2D eigenvalue weighted by molar-refractivity contribution is 5.12. The maximum Gasteiger partial charge on any atom is 0.127 e. The zero-order valence-corrected chi connectivity index (χ0v) is 7.55. The number of hydrogen-bond donors (Lipinski definition) is 1. The second-order valence-corrected chi connectivity index (χ2v) is 3.02. The number of nitrogens with two attached hydrogens (primary N) is 1. The van der Waals surface area contributed by atoms with E-state index in [-0.39, 0.29) is 0 Å². The lowest BCUT2D eigenvalue weighted by Gasteiger charge is -1.96. The Balaban J connectivity index is 2.20. The summed E-state index contributed by atoms with van der Waals surface area (Å²) in [4.78, 5) is 0. The monoisotopic (exact) mass is 168 g/mol. The van der Waals surface area contributed by atoms with Gasteiger partial charge in [0.2, 0.25) is 0 Å². The summed E-state index contributed by atoms with van der Waals surface area (Å²) >= 11 is 0. The first-order valence-electron chi connectivity index (χ1n) is 4.44. The molecule has 0 unspecified atom stereocenters. The van der Waals surface area contributed by atoms with Crippen LogP contribution in [0.1, 0.15) is 30.5 Å². The second-order valence-electron chi connectivity index (χ2n) is 3.02. The van der Waals surface area contributed by atoms with Crippen molar-refractivity contribution in [2.24, 2.45) is 5.73 Å². The highest BCUT2D eigenvalue weighted by atomic mass is 16.5. The molecular weight excluding hydrogens is 152 g/mol. The minimum atomic E-state index is 0.794. The van der Waals surface area contributed by atoms with Crippen molar-refractivity contribution in [1.82, 2.24) is 5.16 Å². The molecule has 0 saturated heterocycles. The van der Waals surface area contributed by atoms with E-state index in [1.807, 2.05) is 6.92 Å². The van der Waals surface area contributed by atoms with E-state index < -0.39 is 0 Å². The second kappa shape index (κ2) is 4.93. The van der Waals surface area contributed by atoms with Crippen LogP contribution in [0.2, 0.25) is 0 Å². The summed E-state index contributed by atoms with van der Waals surface area (Å²) in [5.74, 6) is 0. The van der Waals surface area contributed by atoms with E-state index in [9.17, 15) is 0 Å². The van der Waals surface area contributed by atoms with Gasteiger partial charge in [0, 0.05) is 5.56 Å². The van der Waals surface area contributed by atoms with Crippen LogP contribution < -0.4 is 5.73 Å². The van der Waals surface area contributed by atoms with E-state index in [4.69, 9.17) is 10.3 Å². The standard InChI is InChI=1S/C9H16N2O/c1-8-9(7-12-11-8)5-3-2-4-6-10/h7H,2-6,10H2,1H3. The number of nitrogens with zero attached hydrogens (tertiary/aromatic N) is 1. The number of aromatic nitrogens is 1. The molecule has 1 aromatic rings. The fourth-order valence-electron chi connectivity index (χ4n) is 1.19. The van der Waals surface area contributed by atoms with Crippen LogP contribution in [0.5, 0.6) is 0 Å². The van der Waals surface area contributed by atoms with Crippen molar-refractivity contribution < 1.29 is 4.52 Å². The first-order valence-corrected chi connectivity index (χ1v) is 4.44. The molecule has 0 aromatic carbocycles. The first-order chi connectivity index (χ1) is 5.84. The van der Waals surface area contributed by atoms with Crippen molar-refractivity contribution in [3.8, 4) is 0 Å². The van der Waals surface area contributed by atoms with Gasteiger partial charge in [-0.3, -0.25) is 0 Å². The van der Waals surface area contributed by atoms with Gasteiger partial charge in [0.05, 0.1) is 5.69 Å². The lowest BCUT2D eigenvalue weighted by atomic mass is 10.1. The van der Waals surface area contributed by atoms with Gasteiger partial charge in [0.25, 0.3) is 0 Å². The SMILES string of the molecule is Cc1nocc1CCCCCN. The smallest absolute Gasteiger partial charge is 0.127 e. The maximum absolute atomic E-state index is 5.39. The van der Waals surface area contributed by atoms with Crippen LogP contribution in [-0.2, 0) is 6.42 Å². The van der Waals surface area contributed by atoms with Gasteiger partial charge in [-0.25, -0.2) is 0 Å². The van der Waals surface area contributed by atoms with Gasteiger partial charge in [-0.15, -0.1) is 0 Å². The molecule has 0 aliphatic carbocycles. The van der Waals surface area contributed by atoms with Crippen molar-refractivity contribution in [2.75, 3.05) is 6.54 Å². The molecule has 0 atom stereocenters. The molecule has 0 saturated carbocycles. The van der Waals surface area contributed by atoms with Crippen LogP contribution in [-0.4, -0.2) is 11.7 Å². The molecule has 1 heterocycles. The van der Waals surface area contributed by atoms with Crippen molar-refractivity contribution in [3.63, 3.8) is 0 Å². The molecule has 0 fully saturated rings. The summed E-state index contributed by atoms with van der Waals surface area (Å²) in [5, 5.41) is 3.82. The Kier molecular flexibility index (Phi) is 3.80. The third-order valence-corrected chi connectivity index (χ3v) is 2.00. The number of unbranched alkanes of at least 4 members (excludes halogenated alkanes) is 2. The predicted octanol–water partition coefficient (Wildman–Crippen LogP) is 1.65. The lowest BCUT2D eigenvalue weighted by molar-refractivity contribution is 0.414. The molecule has 0 bridgehead atoms. The summed E-state index contributed by atoms with van der Waals surface area (Å²) in [6.45, 7) is 2.77. The summed E-state index contributed by atoms with van der Waals surface area (Å²) in [7, 11) is 0. The van der Waals surface area contributed by atoms with Crippen LogP contribution in [0.4, 0.5) is 0 Å². The van der Waals surface area contributed by atoms with Crippen LogP contribution in [0, 0.1) is 6.92 Å². The number of rotatable bonds is 5. The van der Waals surface area contributed by atoms with Crippen molar-refractivity contribution in [3.05, 3.63) is 17.5 Å². The molecule has 0 aliphatic rings. The number of aryl methyl sites for hydroxylation is 2. The van der Waals surface area contributed by atoms with E-state index in [2.05, 4.69) is 5.16 Å². The fraction of sp³-hybridized carbons (Fsp3) is 0.667. The largest absolute Gasteiger partial charge is 0.364 e. The van der Waals surface area contributed by atoms with Crippen LogP contribution in [0.15, 0.2) is 10.8 Å². The minimum absolute atomic E-state index is 0.794. The molecule has 3 nitrogen and oxygen atoms in total. The van der Waals surface area contributed by atoms with Crippen molar-refractivity contribution >= 4 is 0 Å². The van der Waals surface area contributed by atoms with Gasteiger partial charge in [-0.2, -0.15) is 0 Å². The zero-order valence-electron chi connectivity index (χ0n) is 7.55. The Bertz CT molecular complexity index is 220. The molecule has 2 N–H and O–H groups in total. The maximum atomic E-state index is 5.39. The molecule has 1 rings (SSSR count). The van der Waals surface area contributed by atoms with Gasteiger partial charge in [0.1, 0.15) is 6.26 Å². The van der Waals surface area contributed by atoms with E-state index in [0.29, 0.717) is 0 Å². The molecule has 3 heteroatoms. The van der Waals surface area contributed by atoms with E-state index in [1.165, 1.54) is 18.4 Å². The van der Waals surface area contributed by atoms with E-state index in [1.54, 1.807) is 6.26 Å². The van der Waals surface area contributed by atoms with Crippen LogP contribution >= 0.6 is 0 Å². The Morgan fingerprint density at radius 3 is 2.83 bits per heavy atom. The zero-order chi connectivity index (χ0) is 8.81. The average molecular weight is 168 g/mol. The van der Waals surface area contributed by atoms with Crippen molar-refractivity contribution in [2.45, 2.75) is 32.6 Å². The van der Waals surface area contributed by atoms with Gasteiger partial charge in [-0.05, 0) is 32.7 Å². The summed E-state index contributed by atoms with van der Waals surface area (Å²) in [5.41, 5.74) is 7.63. The summed E-state index contributed by atoms with van der Waals surface area (Å²) in [6.07, 6.45) is 6.29. The summed E-state index contributed by atoms with van der Waals surface area (Å²) in [6, 6.07) is 0. The minimum Gasteiger partial charge on any atom is -0.364 e. The fourth-order valence-corrected chi connectivity index (χ4v) is 1.19. The molecular formula is C9H16N2O. The van der Waals surface area contributed by atoms with E-state index >= 15 is 0 Å². The molecule has 0 amide bonds. The molecule has 1 aromatic heterocycles. The molecule has 12 heavy (non-hydrogen) atoms. The predicted molar refractivity (Wildman–Crippen MR) is 47.8 cm³/mol. The normalized spacial score (nSPS) is 10.5. The van der Waals surface area contributed by atoms with Gasteiger partial charge >= 0.3 is 0 Å². The average Bonchev–Trinajstić information content (AvgIpc) is 2.46. The molecule has 0 radical (unpaired) electrons. The molecule has 0 spiro atoms. The van der Waals surface area contributed by atoms with E-state index in [0.717, 1.165) is 25.1 Å². The summed E-state index contributed by atoms with van der Waals surface area (Å²) < 4.78 is 4.83. The van der Waals surface area contributed by atoms with Gasteiger partial charge in [-0.1, -0.05) is 11.6 Å². The van der Waals surface area contributed by atoms with Crippen molar-refractivity contribution in [1.29, 1.82) is 0 Å². The Labute approximate surface area is 72.9 Å². The number of hydrogen-bond acceptors (Lipinski definition) is 3. The highest BCUT2D eigenvalue weighted by Crippen LogP contribution is 2.09. The quantitative estimate of drug-likeness (QED) is 0.680. The van der Waals surface area contributed by atoms with Crippen LogP contribution in [0.3, 0.4) is 0 Å². The van der Waals surface area contributed by atoms with Gasteiger partial charge < -0.3 is 10.3 Å². The third kappa shape index (κ3) is 2.66. The first kappa shape index (κ1) is 9.26. The van der Waals surface area contributed by atoms with Crippen LogP contribution in [0.25, 0.3) is 0 Å². The lowest BCUT2D eigenvalue weighted by Crippen LogP contribution is -1.98. The topological polar surface area (TPSA) is 52.0 Å². The molecule has 0 aliphatic heterocycles. The Hall–Kier alpha value is -0.830. The Morgan fingerprint density at radius 1 is 1.42 bits per heavy atom.